The molecular formula is C17H15F2N3O2. The van der Waals surface area contributed by atoms with E-state index in [9.17, 15) is 13.6 Å². The SMILES string of the molecule is CN(Cc1ccccn1)C(=O)[C@H]1CC(c2cc(F)ccc2F)=NO1. The van der Waals surface area contributed by atoms with Gasteiger partial charge in [-0.25, -0.2) is 8.78 Å². The van der Waals surface area contributed by atoms with Crippen LogP contribution in [0, 0.1) is 11.6 Å². The van der Waals surface area contributed by atoms with Gasteiger partial charge in [-0.3, -0.25) is 9.78 Å². The maximum Gasteiger partial charge on any atom is 0.267 e. The maximum absolute atomic E-state index is 13.8. The van der Waals surface area contributed by atoms with Gasteiger partial charge in [-0.05, 0) is 30.3 Å². The van der Waals surface area contributed by atoms with Gasteiger partial charge in [-0.1, -0.05) is 11.2 Å². The number of oxime groups is 1. The van der Waals surface area contributed by atoms with Crippen LogP contribution < -0.4 is 0 Å². The maximum atomic E-state index is 13.8. The number of pyridine rings is 1. The molecule has 0 aliphatic carbocycles. The second-order valence-corrected chi connectivity index (χ2v) is 5.48. The van der Waals surface area contributed by atoms with Gasteiger partial charge in [0.1, 0.15) is 11.6 Å². The van der Waals surface area contributed by atoms with Crippen LogP contribution in [-0.4, -0.2) is 34.7 Å². The molecule has 0 radical (unpaired) electrons. The molecule has 24 heavy (non-hydrogen) atoms. The van der Waals surface area contributed by atoms with Crippen LogP contribution >= 0.6 is 0 Å². The van der Waals surface area contributed by atoms with E-state index in [2.05, 4.69) is 10.1 Å². The Kier molecular flexibility index (Phi) is 4.50. The highest BCUT2D eigenvalue weighted by molar-refractivity contribution is 6.04. The highest BCUT2D eigenvalue weighted by Crippen LogP contribution is 2.21. The monoisotopic (exact) mass is 331 g/mol. The molecule has 0 N–H and O–H groups in total. The van der Waals surface area contributed by atoms with Crippen molar-refractivity contribution in [2.75, 3.05) is 7.05 Å². The van der Waals surface area contributed by atoms with Gasteiger partial charge in [0.05, 0.1) is 18.0 Å². The fourth-order valence-electron chi connectivity index (χ4n) is 2.45. The highest BCUT2D eigenvalue weighted by atomic mass is 19.1. The van der Waals surface area contributed by atoms with E-state index in [0.29, 0.717) is 6.54 Å². The smallest absolute Gasteiger partial charge is 0.267 e. The van der Waals surface area contributed by atoms with Gasteiger partial charge in [-0.2, -0.15) is 0 Å². The second kappa shape index (κ2) is 6.74. The normalized spacial score (nSPS) is 16.5. The van der Waals surface area contributed by atoms with E-state index in [4.69, 9.17) is 4.84 Å². The van der Waals surface area contributed by atoms with Crippen molar-refractivity contribution in [1.82, 2.24) is 9.88 Å². The molecule has 0 bridgehead atoms. The summed E-state index contributed by atoms with van der Waals surface area (Å²) in [6, 6.07) is 8.53. The lowest BCUT2D eigenvalue weighted by atomic mass is 10.0. The number of amides is 1. The van der Waals surface area contributed by atoms with Crippen LogP contribution in [0.3, 0.4) is 0 Å². The van der Waals surface area contributed by atoms with Crippen molar-refractivity contribution in [2.24, 2.45) is 5.16 Å². The summed E-state index contributed by atoms with van der Waals surface area (Å²) in [7, 11) is 1.63. The fraction of sp³-hybridized carbons (Fsp3) is 0.235. The van der Waals surface area contributed by atoms with Crippen molar-refractivity contribution in [3.63, 3.8) is 0 Å². The average Bonchev–Trinajstić information content (AvgIpc) is 3.07. The molecule has 0 fully saturated rings. The Labute approximate surface area is 137 Å². The number of carbonyl (C=O) groups is 1. The Hall–Kier alpha value is -2.83. The molecule has 2 aromatic rings. The van der Waals surface area contributed by atoms with Crippen LogP contribution in [0.25, 0.3) is 0 Å². The van der Waals surface area contributed by atoms with E-state index >= 15 is 0 Å². The lowest BCUT2D eigenvalue weighted by Crippen LogP contribution is -2.36. The van der Waals surface area contributed by atoms with Gasteiger partial charge >= 0.3 is 0 Å². The quantitative estimate of drug-likeness (QED) is 0.865. The van der Waals surface area contributed by atoms with E-state index in [1.807, 2.05) is 12.1 Å². The Morgan fingerprint density at radius 1 is 1.33 bits per heavy atom. The molecule has 3 rings (SSSR count). The van der Waals surface area contributed by atoms with E-state index in [1.54, 1.807) is 19.3 Å². The van der Waals surface area contributed by atoms with Gasteiger partial charge in [0, 0.05) is 25.2 Å². The van der Waals surface area contributed by atoms with Crippen LogP contribution in [0.4, 0.5) is 8.78 Å². The summed E-state index contributed by atoms with van der Waals surface area (Å²) < 4.78 is 27.1. The van der Waals surface area contributed by atoms with Crippen LogP contribution in [0.5, 0.6) is 0 Å². The Bertz CT molecular complexity index is 781. The molecule has 124 valence electrons. The zero-order chi connectivity index (χ0) is 17.1. The number of benzene rings is 1. The van der Waals surface area contributed by atoms with Crippen molar-refractivity contribution < 1.29 is 18.4 Å². The van der Waals surface area contributed by atoms with Crippen molar-refractivity contribution in [2.45, 2.75) is 19.1 Å². The first-order valence-electron chi connectivity index (χ1n) is 7.37. The zero-order valence-corrected chi connectivity index (χ0v) is 12.9. The second-order valence-electron chi connectivity index (χ2n) is 5.48. The molecule has 5 nitrogen and oxygen atoms in total. The molecule has 1 aliphatic rings. The van der Waals surface area contributed by atoms with Crippen molar-refractivity contribution in [3.8, 4) is 0 Å². The molecule has 0 saturated heterocycles. The largest absolute Gasteiger partial charge is 0.382 e. The van der Waals surface area contributed by atoms with Crippen LogP contribution in [0.15, 0.2) is 47.8 Å². The number of rotatable bonds is 4. The molecule has 2 heterocycles. The third-order valence-corrected chi connectivity index (χ3v) is 3.69. The zero-order valence-electron chi connectivity index (χ0n) is 12.9. The first-order valence-corrected chi connectivity index (χ1v) is 7.37. The molecule has 0 spiro atoms. The van der Waals surface area contributed by atoms with Crippen molar-refractivity contribution >= 4 is 11.6 Å². The number of halogens is 2. The average molecular weight is 331 g/mol. The van der Waals surface area contributed by atoms with E-state index in [0.717, 1.165) is 23.9 Å². The third kappa shape index (κ3) is 3.40. The number of hydrogen-bond acceptors (Lipinski definition) is 4. The molecule has 0 saturated carbocycles. The van der Waals surface area contributed by atoms with Crippen LogP contribution in [-0.2, 0) is 16.2 Å². The summed E-state index contributed by atoms with van der Waals surface area (Å²) in [5, 5.41) is 3.75. The number of aromatic nitrogens is 1. The lowest BCUT2D eigenvalue weighted by molar-refractivity contribution is -0.141. The lowest BCUT2D eigenvalue weighted by Gasteiger charge is -2.19. The summed E-state index contributed by atoms with van der Waals surface area (Å²) in [6.07, 6.45) is 0.885. The summed E-state index contributed by atoms with van der Waals surface area (Å²) in [5.74, 6) is -1.47. The Morgan fingerprint density at radius 3 is 2.92 bits per heavy atom. The number of hydrogen-bond donors (Lipinski definition) is 0. The molecule has 1 aromatic carbocycles. The molecule has 1 aromatic heterocycles. The molecule has 7 heteroatoms. The summed E-state index contributed by atoms with van der Waals surface area (Å²) in [6.45, 7) is 0.323. The van der Waals surface area contributed by atoms with E-state index in [-0.39, 0.29) is 23.6 Å². The number of likely N-dealkylation sites (N-methyl/N-ethyl adjacent to an activating group) is 1. The first kappa shape index (κ1) is 16.0. The van der Waals surface area contributed by atoms with E-state index < -0.39 is 17.7 Å². The summed E-state index contributed by atoms with van der Waals surface area (Å²) in [4.78, 5) is 23.2. The molecule has 1 atom stereocenters. The highest BCUT2D eigenvalue weighted by Gasteiger charge is 2.32. The van der Waals surface area contributed by atoms with Crippen LogP contribution in [0.2, 0.25) is 0 Å². The van der Waals surface area contributed by atoms with Gasteiger partial charge < -0.3 is 9.74 Å². The molecule has 1 amide bonds. The number of nitrogens with zero attached hydrogens (tertiary/aromatic N) is 3. The molecule has 0 unspecified atom stereocenters. The van der Waals surface area contributed by atoms with Gasteiger partial charge in [0.2, 0.25) is 6.10 Å². The topological polar surface area (TPSA) is 54.8 Å². The summed E-state index contributed by atoms with van der Waals surface area (Å²) >= 11 is 0. The van der Waals surface area contributed by atoms with Gasteiger partial charge in [0.25, 0.3) is 5.91 Å². The third-order valence-electron chi connectivity index (χ3n) is 3.69. The minimum absolute atomic E-state index is 0.0117. The minimum Gasteiger partial charge on any atom is -0.382 e. The fourth-order valence-corrected chi connectivity index (χ4v) is 2.45. The Morgan fingerprint density at radius 2 is 2.17 bits per heavy atom. The minimum atomic E-state index is -0.851. The van der Waals surface area contributed by atoms with E-state index in [1.165, 1.54) is 4.90 Å². The standard InChI is InChI=1S/C17H15F2N3O2/c1-22(10-12-4-2-3-7-20-12)17(23)16-9-15(21-24-16)13-8-11(18)5-6-14(13)19/h2-8,16H,9-10H2,1H3/t16-/m1/s1. The van der Waals surface area contributed by atoms with Crippen molar-refractivity contribution in [3.05, 3.63) is 65.5 Å². The van der Waals surface area contributed by atoms with Gasteiger partial charge in [0.15, 0.2) is 0 Å². The summed E-state index contributed by atoms with van der Waals surface area (Å²) in [5.41, 5.74) is 0.970. The first-order chi connectivity index (χ1) is 11.5. The van der Waals surface area contributed by atoms with Gasteiger partial charge in [-0.15, -0.1) is 0 Å². The molecule has 1 aliphatic heterocycles. The number of carbonyl (C=O) groups excluding carboxylic acids is 1. The predicted molar refractivity (Wildman–Crippen MR) is 83.1 cm³/mol. The Balaban J connectivity index is 1.66. The molecular weight excluding hydrogens is 316 g/mol. The van der Waals surface area contributed by atoms with Crippen LogP contribution in [0.1, 0.15) is 17.7 Å². The van der Waals surface area contributed by atoms with Crippen molar-refractivity contribution in [1.29, 1.82) is 0 Å². The predicted octanol–water partition coefficient (Wildman–Crippen LogP) is 2.51.